The molecule has 1 aromatic carbocycles. The lowest BCUT2D eigenvalue weighted by Crippen LogP contribution is -2.45. The topological polar surface area (TPSA) is 72.0 Å². The van der Waals surface area contributed by atoms with Crippen LogP contribution in [0, 0.1) is 12.8 Å². The first kappa shape index (κ1) is 24.5. The second kappa shape index (κ2) is 12.9. The molecular formula is C21H34IN3O3. The maximum absolute atomic E-state index is 11.8. The molecule has 0 radical (unpaired) electrons. The van der Waals surface area contributed by atoms with E-state index in [0.29, 0.717) is 25.8 Å². The Morgan fingerprint density at radius 2 is 1.89 bits per heavy atom. The molecule has 0 saturated heterocycles. The third-order valence-electron chi connectivity index (χ3n) is 4.91. The molecule has 2 N–H and O–H groups in total. The Hall–Kier alpha value is -1.51. The Labute approximate surface area is 185 Å². The number of esters is 1. The zero-order chi connectivity index (χ0) is 19.6. The van der Waals surface area contributed by atoms with Gasteiger partial charge in [-0.25, -0.2) is 0 Å². The Bertz CT molecular complexity index is 644. The highest BCUT2D eigenvalue weighted by Gasteiger charge is 2.27. The molecule has 1 fully saturated rings. The molecule has 0 bridgehead atoms. The summed E-state index contributed by atoms with van der Waals surface area (Å²) in [6, 6.07) is 6.56. The molecule has 2 rings (SSSR count). The Morgan fingerprint density at radius 3 is 2.46 bits per heavy atom. The minimum absolute atomic E-state index is 0. The number of rotatable bonds is 7. The molecule has 0 aliphatic heterocycles. The average Bonchev–Trinajstić information content (AvgIpc) is 2.68. The number of nitrogens with zero attached hydrogens (tertiary/aromatic N) is 1. The molecule has 0 atom stereocenters. The van der Waals surface area contributed by atoms with Crippen LogP contribution >= 0.6 is 24.0 Å². The normalized spacial score (nSPS) is 19.4. The number of aryl methyl sites for hydroxylation is 1. The fourth-order valence-electron chi connectivity index (χ4n) is 3.45. The van der Waals surface area contributed by atoms with Gasteiger partial charge in [-0.15, -0.1) is 24.0 Å². The molecule has 28 heavy (non-hydrogen) atoms. The van der Waals surface area contributed by atoms with Gasteiger partial charge in [0, 0.05) is 19.6 Å². The number of hydrogen-bond donors (Lipinski definition) is 2. The minimum Gasteiger partial charge on any atom is -0.494 e. The number of nitrogens with one attached hydrogen (secondary N) is 2. The van der Waals surface area contributed by atoms with E-state index in [-0.39, 0.29) is 35.9 Å². The molecule has 7 heteroatoms. The zero-order valence-electron chi connectivity index (χ0n) is 17.4. The molecule has 0 aromatic heterocycles. The molecule has 158 valence electrons. The van der Waals surface area contributed by atoms with Crippen molar-refractivity contribution in [3.8, 4) is 5.75 Å². The summed E-state index contributed by atoms with van der Waals surface area (Å²) in [6.07, 6.45) is 3.63. The van der Waals surface area contributed by atoms with Gasteiger partial charge in [-0.05, 0) is 63.6 Å². The lowest BCUT2D eigenvalue weighted by Gasteiger charge is -2.29. The summed E-state index contributed by atoms with van der Waals surface area (Å²) in [5.74, 6) is 1.72. The Balaban J connectivity index is 0.00000392. The predicted molar refractivity (Wildman–Crippen MR) is 123 cm³/mol. The maximum atomic E-state index is 11.8. The number of carbonyl (C=O) groups excluding carboxylic acids is 1. The van der Waals surface area contributed by atoms with E-state index >= 15 is 0 Å². The molecule has 1 aromatic rings. The van der Waals surface area contributed by atoms with E-state index in [1.807, 2.05) is 19.9 Å². The lowest BCUT2D eigenvalue weighted by molar-refractivity contribution is -0.149. The molecule has 1 saturated carbocycles. The van der Waals surface area contributed by atoms with Crippen LogP contribution in [0.5, 0.6) is 5.75 Å². The van der Waals surface area contributed by atoms with Gasteiger partial charge < -0.3 is 20.1 Å². The molecule has 0 heterocycles. The number of carbonyl (C=O) groups is 1. The highest BCUT2D eigenvalue weighted by atomic mass is 127. The number of aliphatic imine (C=N–C) groups is 1. The molecule has 0 spiro atoms. The van der Waals surface area contributed by atoms with E-state index in [1.54, 1.807) is 7.05 Å². The Kier molecular flexibility index (Phi) is 11.3. The highest BCUT2D eigenvalue weighted by Crippen LogP contribution is 2.25. The molecule has 0 unspecified atom stereocenters. The van der Waals surface area contributed by atoms with Crippen molar-refractivity contribution in [2.45, 2.75) is 59.0 Å². The molecule has 1 aliphatic carbocycles. The first-order chi connectivity index (χ1) is 13.1. The van der Waals surface area contributed by atoms with Gasteiger partial charge in [0.1, 0.15) is 5.75 Å². The summed E-state index contributed by atoms with van der Waals surface area (Å²) < 4.78 is 10.7. The van der Waals surface area contributed by atoms with Gasteiger partial charge in [-0.2, -0.15) is 0 Å². The van der Waals surface area contributed by atoms with Crippen LogP contribution in [0.25, 0.3) is 0 Å². The van der Waals surface area contributed by atoms with E-state index in [2.05, 4.69) is 34.7 Å². The lowest BCUT2D eigenvalue weighted by atomic mass is 9.86. The first-order valence-corrected chi connectivity index (χ1v) is 9.93. The SMILES string of the molecule is CCOC(=O)C1CCC(NC(=NC)NCc2ccc(OCC)c(C)c2)CC1.I. The number of guanidine groups is 1. The van der Waals surface area contributed by atoms with E-state index in [4.69, 9.17) is 9.47 Å². The van der Waals surface area contributed by atoms with E-state index in [1.165, 1.54) is 5.56 Å². The van der Waals surface area contributed by atoms with Crippen LogP contribution in [-0.2, 0) is 16.1 Å². The second-order valence-corrected chi connectivity index (χ2v) is 6.90. The Morgan fingerprint density at radius 1 is 1.18 bits per heavy atom. The van der Waals surface area contributed by atoms with Crippen molar-refractivity contribution >= 4 is 35.9 Å². The van der Waals surface area contributed by atoms with Gasteiger partial charge >= 0.3 is 5.97 Å². The van der Waals surface area contributed by atoms with Crippen molar-refractivity contribution in [1.29, 1.82) is 0 Å². The van der Waals surface area contributed by atoms with E-state index in [9.17, 15) is 4.79 Å². The number of halogens is 1. The number of hydrogen-bond acceptors (Lipinski definition) is 4. The van der Waals surface area contributed by atoms with Gasteiger partial charge in [0.2, 0.25) is 0 Å². The number of benzene rings is 1. The summed E-state index contributed by atoms with van der Waals surface area (Å²) in [7, 11) is 1.78. The average molecular weight is 503 g/mol. The third kappa shape index (κ3) is 7.48. The van der Waals surface area contributed by atoms with Crippen LogP contribution in [0.4, 0.5) is 0 Å². The maximum Gasteiger partial charge on any atom is 0.308 e. The van der Waals surface area contributed by atoms with Crippen molar-refractivity contribution in [1.82, 2.24) is 10.6 Å². The summed E-state index contributed by atoms with van der Waals surface area (Å²) in [5, 5.41) is 6.85. The van der Waals surface area contributed by atoms with Crippen LogP contribution in [0.15, 0.2) is 23.2 Å². The van der Waals surface area contributed by atoms with Gasteiger partial charge in [-0.3, -0.25) is 9.79 Å². The zero-order valence-corrected chi connectivity index (χ0v) is 19.7. The van der Waals surface area contributed by atoms with Crippen molar-refractivity contribution in [2.24, 2.45) is 10.9 Å². The monoisotopic (exact) mass is 503 g/mol. The second-order valence-electron chi connectivity index (χ2n) is 6.90. The minimum atomic E-state index is -0.0515. The van der Waals surface area contributed by atoms with Crippen molar-refractivity contribution < 1.29 is 14.3 Å². The van der Waals surface area contributed by atoms with Gasteiger partial charge in [0.05, 0.1) is 19.1 Å². The fraction of sp³-hybridized carbons (Fsp3) is 0.619. The summed E-state index contributed by atoms with van der Waals surface area (Å²) in [4.78, 5) is 16.2. The van der Waals surface area contributed by atoms with Crippen LogP contribution in [0.1, 0.15) is 50.7 Å². The van der Waals surface area contributed by atoms with Crippen LogP contribution in [-0.4, -0.2) is 38.2 Å². The summed E-state index contributed by atoms with van der Waals surface area (Å²) in [5.41, 5.74) is 2.32. The van der Waals surface area contributed by atoms with Gasteiger partial charge in [0.15, 0.2) is 5.96 Å². The summed E-state index contributed by atoms with van der Waals surface area (Å²) >= 11 is 0. The third-order valence-corrected chi connectivity index (χ3v) is 4.91. The van der Waals surface area contributed by atoms with Crippen LogP contribution in [0.2, 0.25) is 0 Å². The number of ether oxygens (including phenoxy) is 2. The molecular weight excluding hydrogens is 469 g/mol. The van der Waals surface area contributed by atoms with Crippen molar-refractivity contribution in [2.75, 3.05) is 20.3 Å². The predicted octanol–water partition coefficient (Wildman–Crippen LogP) is 3.80. The standard InChI is InChI=1S/C21H33N3O3.HI/c1-5-26-19-12-7-16(13-15(19)3)14-23-21(22-4)24-18-10-8-17(9-11-18)20(25)27-6-2;/h7,12-13,17-18H,5-6,8-11,14H2,1-4H3,(H2,22,23,24);1H. The quantitative estimate of drug-likeness (QED) is 0.257. The van der Waals surface area contributed by atoms with Gasteiger partial charge in [-0.1, -0.05) is 12.1 Å². The fourth-order valence-corrected chi connectivity index (χ4v) is 3.45. The largest absolute Gasteiger partial charge is 0.494 e. The summed E-state index contributed by atoms with van der Waals surface area (Å²) in [6.45, 7) is 7.73. The van der Waals surface area contributed by atoms with Crippen molar-refractivity contribution in [3.05, 3.63) is 29.3 Å². The smallest absolute Gasteiger partial charge is 0.308 e. The van der Waals surface area contributed by atoms with Gasteiger partial charge in [0.25, 0.3) is 0 Å². The molecule has 0 amide bonds. The first-order valence-electron chi connectivity index (χ1n) is 9.93. The highest BCUT2D eigenvalue weighted by molar-refractivity contribution is 14.0. The van der Waals surface area contributed by atoms with Crippen LogP contribution < -0.4 is 15.4 Å². The van der Waals surface area contributed by atoms with Crippen LogP contribution in [0.3, 0.4) is 0 Å². The molecule has 6 nitrogen and oxygen atoms in total. The van der Waals surface area contributed by atoms with Crippen molar-refractivity contribution in [3.63, 3.8) is 0 Å². The van der Waals surface area contributed by atoms with E-state index in [0.717, 1.165) is 43.0 Å². The van der Waals surface area contributed by atoms with E-state index < -0.39 is 0 Å². The molecule has 1 aliphatic rings.